The van der Waals surface area contributed by atoms with E-state index in [0.29, 0.717) is 25.3 Å². The first-order valence-corrected chi connectivity index (χ1v) is 12.6. The Morgan fingerprint density at radius 2 is 1.72 bits per heavy atom. The molecular weight excluding hydrogens is 424 g/mol. The highest BCUT2D eigenvalue weighted by atomic mass is 32.2. The number of hydrogen-bond donors (Lipinski definition) is 1. The summed E-state index contributed by atoms with van der Waals surface area (Å²) in [6, 6.07) is 9.08. The minimum Gasteiger partial charge on any atom is -0.496 e. The molecule has 1 amide bonds. The van der Waals surface area contributed by atoms with Gasteiger partial charge in [0.2, 0.25) is 15.9 Å². The van der Waals surface area contributed by atoms with Crippen molar-refractivity contribution in [3.8, 4) is 5.75 Å². The highest BCUT2D eigenvalue weighted by molar-refractivity contribution is 7.89. The van der Waals surface area contributed by atoms with Gasteiger partial charge in [0.1, 0.15) is 5.75 Å². The van der Waals surface area contributed by atoms with Gasteiger partial charge in [-0.1, -0.05) is 12.1 Å². The van der Waals surface area contributed by atoms with Crippen molar-refractivity contribution in [2.45, 2.75) is 64.3 Å². The lowest BCUT2D eigenvalue weighted by Crippen LogP contribution is -2.28. The molecule has 2 aromatic carbocycles. The van der Waals surface area contributed by atoms with Gasteiger partial charge < -0.3 is 10.1 Å². The summed E-state index contributed by atoms with van der Waals surface area (Å²) in [5.41, 5.74) is 5.42. The van der Waals surface area contributed by atoms with Gasteiger partial charge in [0.15, 0.2) is 0 Å². The summed E-state index contributed by atoms with van der Waals surface area (Å²) in [7, 11) is -1.96. The molecule has 1 saturated heterocycles. The normalized spacial score (nSPS) is 15.5. The second-order valence-electron chi connectivity index (χ2n) is 8.67. The highest BCUT2D eigenvalue weighted by Crippen LogP contribution is 2.28. The Morgan fingerprint density at radius 3 is 2.38 bits per heavy atom. The van der Waals surface area contributed by atoms with Crippen molar-refractivity contribution in [2.75, 3.05) is 20.2 Å². The van der Waals surface area contributed by atoms with Crippen molar-refractivity contribution in [3.63, 3.8) is 0 Å². The molecule has 6 nitrogen and oxygen atoms in total. The van der Waals surface area contributed by atoms with Gasteiger partial charge in [0.25, 0.3) is 0 Å². The number of sulfonamides is 1. The second-order valence-corrected chi connectivity index (χ2v) is 10.6. The molecule has 0 spiro atoms. The van der Waals surface area contributed by atoms with Crippen LogP contribution in [0.2, 0.25) is 0 Å². The van der Waals surface area contributed by atoms with Crippen molar-refractivity contribution in [1.82, 2.24) is 9.62 Å². The first kappa shape index (κ1) is 24.3. The van der Waals surface area contributed by atoms with E-state index in [-0.39, 0.29) is 23.3 Å². The van der Waals surface area contributed by atoms with Crippen LogP contribution in [0, 0.1) is 20.8 Å². The molecule has 32 heavy (non-hydrogen) atoms. The van der Waals surface area contributed by atoms with Crippen LogP contribution in [0.3, 0.4) is 0 Å². The minimum absolute atomic E-state index is 0.0787. The maximum absolute atomic E-state index is 12.9. The first-order chi connectivity index (χ1) is 15.1. The first-order valence-electron chi connectivity index (χ1n) is 11.2. The van der Waals surface area contributed by atoms with E-state index in [1.807, 2.05) is 6.92 Å². The maximum atomic E-state index is 12.9. The number of nitrogens with zero attached hydrogens (tertiary/aromatic N) is 1. The molecular formula is C25H34N2O4S. The monoisotopic (exact) mass is 458 g/mol. The average Bonchev–Trinajstić information content (AvgIpc) is 3.30. The van der Waals surface area contributed by atoms with Crippen molar-refractivity contribution in [1.29, 1.82) is 0 Å². The number of benzene rings is 2. The fraction of sp³-hybridized carbons (Fsp3) is 0.480. The Labute approximate surface area is 192 Å². The Kier molecular flexibility index (Phi) is 7.62. The van der Waals surface area contributed by atoms with Gasteiger partial charge in [-0.15, -0.1) is 0 Å². The summed E-state index contributed by atoms with van der Waals surface area (Å²) in [4.78, 5) is 12.9. The van der Waals surface area contributed by atoms with Crippen molar-refractivity contribution < 1.29 is 17.9 Å². The summed E-state index contributed by atoms with van der Waals surface area (Å²) < 4.78 is 32.8. The fourth-order valence-electron chi connectivity index (χ4n) is 4.28. The topological polar surface area (TPSA) is 75.7 Å². The smallest absolute Gasteiger partial charge is 0.243 e. The number of hydrogen-bond acceptors (Lipinski definition) is 4. The van der Waals surface area contributed by atoms with E-state index in [9.17, 15) is 13.2 Å². The van der Waals surface area contributed by atoms with Crippen molar-refractivity contribution >= 4 is 15.9 Å². The van der Waals surface area contributed by atoms with Crippen LogP contribution >= 0.6 is 0 Å². The molecule has 0 bridgehead atoms. The van der Waals surface area contributed by atoms with E-state index in [2.05, 4.69) is 38.2 Å². The molecule has 1 aliphatic heterocycles. The predicted molar refractivity (Wildman–Crippen MR) is 127 cm³/mol. The Hall–Kier alpha value is -2.38. The van der Waals surface area contributed by atoms with Crippen LogP contribution in [0.25, 0.3) is 0 Å². The van der Waals surface area contributed by atoms with Gasteiger partial charge in [0, 0.05) is 19.5 Å². The summed E-state index contributed by atoms with van der Waals surface area (Å²) in [6.45, 7) is 9.31. The van der Waals surface area contributed by atoms with Crippen LogP contribution in [0.1, 0.15) is 60.0 Å². The van der Waals surface area contributed by atoms with E-state index in [1.54, 1.807) is 25.3 Å². The summed E-state index contributed by atoms with van der Waals surface area (Å²) in [5.74, 6) is 0.515. The number of ether oxygens (including phenoxy) is 1. The van der Waals surface area contributed by atoms with Gasteiger partial charge in [0.05, 0.1) is 18.0 Å². The zero-order valence-electron chi connectivity index (χ0n) is 19.7. The highest BCUT2D eigenvalue weighted by Gasteiger charge is 2.28. The second kappa shape index (κ2) is 10.0. The molecule has 1 heterocycles. The largest absolute Gasteiger partial charge is 0.496 e. The summed E-state index contributed by atoms with van der Waals surface area (Å²) in [6.07, 6.45) is 2.43. The van der Waals surface area contributed by atoms with Crippen molar-refractivity contribution in [3.05, 3.63) is 58.1 Å². The lowest BCUT2D eigenvalue weighted by molar-refractivity contribution is -0.121. The lowest BCUT2D eigenvalue weighted by Gasteiger charge is -2.19. The number of nitrogens with one attached hydrogen (secondary N) is 1. The third-order valence-corrected chi connectivity index (χ3v) is 8.20. The zero-order valence-corrected chi connectivity index (χ0v) is 20.5. The minimum atomic E-state index is -3.51. The number of amides is 1. The van der Waals surface area contributed by atoms with Crippen LogP contribution in [0.5, 0.6) is 5.75 Å². The van der Waals surface area contributed by atoms with Gasteiger partial charge in [-0.25, -0.2) is 8.42 Å². The molecule has 7 heteroatoms. The maximum Gasteiger partial charge on any atom is 0.243 e. The lowest BCUT2D eigenvalue weighted by atomic mass is 9.96. The van der Waals surface area contributed by atoms with Crippen LogP contribution in [0.15, 0.2) is 35.2 Å². The molecule has 1 atom stereocenters. The van der Waals surface area contributed by atoms with Gasteiger partial charge in [-0.2, -0.15) is 4.31 Å². The zero-order chi connectivity index (χ0) is 23.5. The van der Waals surface area contributed by atoms with E-state index in [0.717, 1.165) is 29.5 Å². The molecule has 1 fully saturated rings. The number of aryl methyl sites for hydroxylation is 4. The van der Waals surface area contributed by atoms with Gasteiger partial charge in [-0.3, -0.25) is 4.79 Å². The van der Waals surface area contributed by atoms with Crippen LogP contribution in [0.4, 0.5) is 0 Å². The van der Waals surface area contributed by atoms with Crippen LogP contribution < -0.4 is 10.1 Å². The number of carbonyl (C=O) groups excluding carboxylic acids is 1. The Bertz CT molecular complexity index is 1090. The van der Waals surface area contributed by atoms with E-state index in [4.69, 9.17) is 4.74 Å². The molecule has 2 aromatic rings. The quantitative estimate of drug-likeness (QED) is 0.643. The number of methoxy groups -OCH3 is 1. The number of carbonyl (C=O) groups is 1. The average molecular weight is 459 g/mol. The van der Waals surface area contributed by atoms with Gasteiger partial charge >= 0.3 is 0 Å². The SMILES string of the molecule is COc1ccc(S(=O)(=O)N2CCCC2)cc1CCC(=O)N[C@@H](C)c1cc(C)c(C)cc1C. The fourth-order valence-corrected chi connectivity index (χ4v) is 5.85. The van der Waals surface area contributed by atoms with E-state index < -0.39 is 10.0 Å². The molecule has 0 radical (unpaired) electrons. The van der Waals surface area contributed by atoms with Crippen LogP contribution in [-0.2, 0) is 21.2 Å². The Balaban J connectivity index is 1.70. The third-order valence-electron chi connectivity index (χ3n) is 6.30. The summed E-state index contributed by atoms with van der Waals surface area (Å²) in [5, 5.41) is 3.07. The molecule has 0 saturated carbocycles. The number of rotatable bonds is 8. The van der Waals surface area contributed by atoms with Crippen LogP contribution in [-0.4, -0.2) is 38.8 Å². The molecule has 0 aliphatic carbocycles. The Morgan fingerprint density at radius 1 is 1.06 bits per heavy atom. The standard InChI is InChI=1S/C25H34N2O4S/c1-17-14-19(3)23(15-18(17)2)20(4)26-25(28)11-8-21-16-22(9-10-24(21)31-5)32(29,30)27-12-6-7-13-27/h9-10,14-16,20H,6-8,11-13H2,1-5H3,(H,26,28)/t20-/m0/s1. The predicted octanol–water partition coefficient (Wildman–Crippen LogP) is 4.21. The summed E-state index contributed by atoms with van der Waals surface area (Å²) >= 11 is 0. The molecule has 0 unspecified atom stereocenters. The third kappa shape index (κ3) is 5.33. The van der Waals surface area contributed by atoms with Gasteiger partial charge in [-0.05, 0) is 93.0 Å². The molecule has 174 valence electrons. The van der Waals surface area contributed by atoms with E-state index >= 15 is 0 Å². The molecule has 3 rings (SSSR count). The molecule has 1 aliphatic rings. The molecule has 1 N–H and O–H groups in total. The molecule has 0 aromatic heterocycles. The van der Waals surface area contributed by atoms with Crippen molar-refractivity contribution in [2.24, 2.45) is 0 Å². The van der Waals surface area contributed by atoms with E-state index in [1.165, 1.54) is 15.4 Å².